The molecule has 0 rings (SSSR count). The van der Waals surface area contributed by atoms with Crippen molar-refractivity contribution in [3.63, 3.8) is 0 Å². The minimum Gasteiger partial charge on any atom is -0.123 e. The van der Waals surface area contributed by atoms with E-state index in [-0.39, 0.29) is 5.88 Å². The van der Waals surface area contributed by atoms with Crippen LogP contribution in [0.1, 0.15) is 0 Å². The summed E-state index contributed by atoms with van der Waals surface area (Å²) in [6.07, 6.45) is 0. The van der Waals surface area contributed by atoms with Crippen molar-refractivity contribution < 1.29 is 0 Å². The fourth-order valence-corrected chi connectivity index (χ4v) is 0.283. The van der Waals surface area contributed by atoms with Gasteiger partial charge in [0.2, 0.25) is 0 Å². The molecule has 7 heavy (non-hydrogen) atoms. The minimum absolute atomic E-state index is 0.139. The lowest BCUT2D eigenvalue weighted by molar-refractivity contribution is 1.25. The highest BCUT2D eigenvalue weighted by molar-refractivity contribution is 7.79. The molecule has 0 fully saturated rings. The minimum atomic E-state index is -1.02. The Kier molecular flexibility index (Phi) is 3.50. The van der Waals surface area contributed by atoms with Gasteiger partial charge in [0.05, 0.1) is 5.88 Å². The first-order chi connectivity index (χ1) is 3.12. The van der Waals surface area contributed by atoms with Crippen LogP contribution < -0.4 is 0 Å². The monoisotopic (exact) mass is 176 g/mol. The molecule has 0 aliphatic heterocycles. The van der Waals surface area contributed by atoms with Gasteiger partial charge in [-0.25, -0.2) is 0 Å². The Morgan fingerprint density at radius 1 is 1.57 bits per heavy atom. The van der Waals surface area contributed by atoms with Gasteiger partial charge in [0, 0.05) is 5.37 Å². The second-order valence-electron chi connectivity index (χ2n) is 1.01. The van der Waals surface area contributed by atoms with E-state index in [0.717, 1.165) is 0 Å². The Balaban J connectivity index is 3.58. The number of thiocarbonyl (C=S) groups is 1. The average molecular weight is 177 g/mol. The lowest BCUT2D eigenvalue weighted by Crippen LogP contribution is -2.14. The zero-order valence-electron chi connectivity index (χ0n) is 3.33. The fraction of sp³-hybridized carbons (Fsp3) is 0.667. The van der Waals surface area contributed by atoms with Gasteiger partial charge in [-0.15, -0.1) is 11.6 Å². The number of hydrogen-bond acceptors (Lipinski definition) is 1. The highest BCUT2D eigenvalue weighted by Gasteiger charge is 2.17. The van der Waals surface area contributed by atoms with E-state index in [1.165, 1.54) is 5.37 Å². The van der Waals surface area contributed by atoms with Gasteiger partial charge in [0.15, 0.2) is 4.33 Å². The Morgan fingerprint density at radius 3 is 2.00 bits per heavy atom. The van der Waals surface area contributed by atoms with Gasteiger partial charge in [-0.2, -0.15) is 0 Å². The normalized spacial score (nSPS) is 11.3. The Labute approximate surface area is 62.7 Å². The maximum Gasteiger partial charge on any atom is 0.159 e. The van der Waals surface area contributed by atoms with Crippen molar-refractivity contribution in [3.05, 3.63) is 0 Å². The van der Waals surface area contributed by atoms with Crippen LogP contribution in [0.4, 0.5) is 0 Å². The summed E-state index contributed by atoms with van der Waals surface area (Å²) in [5, 5.41) is 1.23. The van der Waals surface area contributed by atoms with Crippen LogP contribution in [-0.4, -0.2) is 15.6 Å². The summed E-state index contributed by atoms with van der Waals surface area (Å²) in [5.41, 5.74) is 0. The molecule has 0 saturated carbocycles. The van der Waals surface area contributed by atoms with E-state index in [1.807, 2.05) is 0 Å². The third-order valence-electron chi connectivity index (χ3n) is 0.351. The summed E-state index contributed by atoms with van der Waals surface area (Å²) in [4.78, 5) is 0. The highest BCUT2D eigenvalue weighted by atomic mass is 35.5. The molecular formula is C3H3Cl3S. The summed E-state index contributed by atoms with van der Waals surface area (Å²) in [6, 6.07) is 0. The van der Waals surface area contributed by atoms with Gasteiger partial charge >= 0.3 is 0 Å². The Morgan fingerprint density at radius 2 is 2.00 bits per heavy atom. The number of alkyl halides is 3. The fourth-order valence-electron chi connectivity index (χ4n) is 0.0315. The smallest absolute Gasteiger partial charge is 0.123 e. The molecule has 0 N–H and O–H groups in total. The largest absolute Gasteiger partial charge is 0.159 e. The maximum absolute atomic E-state index is 5.38. The van der Waals surface area contributed by atoms with Crippen LogP contribution in [0.3, 0.4) is 0 Å². The van der Waals surface area contributed by atoms with Crippen LogP contribution in [0, 0.1) is 0 Å². The lowest BCUT2D eigenvalue weighted by atomic mass is 10.5. The second-order valence-corrected chi connectivity index (χ2v) is 3.06. The summed E-state index contributed by atoms with van der Waals surface area (Å²) >= 11 is 20.4. The van der Waals surface area contributed by atoms with Crippen molar-refractivity contribution in [3.8, 4) is 0 Å². The number of hydrogen-bond donors (Lipinski definition) is 0. The molecule has 0 radical (unpaired) electrons. The van der Waals surface area contributed by atoms with Crippen molar-refractivity contribution >= 4 is 52.4 Å². The first-order valence-electron chi connectivity index (χ1n) is 1.52. The predicted molar refractivity (Wildman–Crippen MR) is 38.8 cm³/mol. The van der Waals surface area contributed by atoms with Gasteiger partial charge in [-0.1, -0.05) is 35.4 Å². The standard InChI is InChI=1S/C3H3Cl3S/c4-1-3(5,6)2-7/h2H,1H2. The first-order valence-corrected chi connectivity index (χ1v) is 3.29. The molecular weight excluding hydrogens is 174 g/mol. The molecule has 0 atom stereocenters. The average Bonchev–Trinajstić information content (AvgIpc) is 1.68. The topological polar surface area (TPSA) is 0 Å². The van der Waals surface area contributed by atoms with E-state index in [1.54, 1.807) is 0 Å². The van der Waals surface area contributed by atoms with Crippen molar-refractivity contribution in [2.45, 2.75) is 4.33 Å². The van der Waals surface area contributed by atoms with E-state index in [9.17, 15) is 0 Å². The highest BCUT2D eigenvalue weighted by Crippen LogP contribution is 2.19. The molecule has 0 aliphatic carbocycles. The van der Waals surface area contributed by atoms with Crippen LogP contribution in [-0.2, 0) is 0 Å². The van der Waals surface area contributed by atoms with Crippen molar-refractivity contribution in [1.82, 2.24) is 0 Å². The zero-order valence-corrected chi connectivity index (χ0v) is 6.41. The molecule has 0 aliphatic rings. The molecule has 42 valence electrons. The molecule has 4 heteroatoms. The molecule has 0 heterocycles. The van der Waals surface area contributed by atoms with E-state index >= 15 is 0 Å². The molecule has 0 bridgehead atoms. The van der Waals surface area contributed by atoms with Crippen LogP contribution in [0.25, 0.3) is 0 Å². The molecule has 0 aromatic rings. The SMILES string of the molecule is S=CC(Cl)(Cl)CCl. The van der Waals surface area contributed by atoms with Gasteiger partial charge in [-0.05, 0) is 0 Å². The lowest BCUT2D eigenvalue weighted by Gasteiger charge is -2.05. The summed E-state index contributed by atoms with van der Waals surface area (Å²) < 4.78 is -1.02. The first kappa shape index (κ1) is 7.96. The predicted octanol–water partition coefficient (Wildman–Crippen LogP) is 2.40. The summed E-state index contributed by atoms with van der Waals surface area (Å²) in [7, 11) is 0. The van der Waals surface area contributed by atoms with Crippen LogP contribution in [0.15, 0.2) is 0 Å². The molecule has 0 aromatic carbocycles. The van der Waals surface area contributed by atoms with Gasteiger partial charge < -0.3 is 0 Å². The molecule has 0 aromatic heterocycles. The second kappa shape index (κ2) is 3.08. The third-order valence-corrected chi connectivity index (χ3v) is 2.19. The summed E-state index contributed by atoms with van der Waals surface area (Å²) in [6.45, 7) is 0. The quantitative estimate of drug-likeness (QED) is 0.461. The van der Waals surface area contributed by atoms with Gasteiger partial charge in [-0.3, -0.25) is 0 Å². The number of halogens is 3. The Hall–Kier alpha value is 0.960. The van der Waals surface area contributed by atoms with E-state index in [0.29, 0.717) is 0 Å². The summed E-state index contributed by atoms with van der Waals surface area (Å²) in [5.74, 6) is 0.139. The van der Waals surface area contributed by atoms with Crippen molar-refractivity contribution in [2.75, 3.05) is 5.88 Å². The van der Waals surface area contributed by atoms with Crippen molar-refractivity contribution in [1.29, 1.82) is 0 Å². The Bertz CT molecular complexity index is 70.6. The molecule has 0 spiro atoms. The van der Waals surface area contributed by atoms with Crippen LogP contribution >= 0.6 is 47.0 Å². The van der Waals surface area contributed by atoms with Crippen molar-refractivity contribution in [2.24, 2.45) is 0 Å². The van der Waals surface area contributed by atoms with E-state index in [4.69, 9.17) is 34.8 Å². The number of rotatable bonds is 2. The molecule has 0 saturated heterocycles. The molecule has 0 unspecified atom stereocenters. The third kappa shape index (κ3) is 3.53. The molecule has 0 nitrogen and oxygen atoms in total. The van der Waals surface area contributed by atoms with Gasteiger partial charge in [0.25, 0.3) is 0 Å². The van der Waals surface area contributed by atoms with E-state index in [2.05, 4.69) is 12.2 Å². The molecule has 0 amide bonds. The van der Waals surface area contributed by atoms with Gasteiger partial charge in [0.1, 0.15) is 0 Å². The van der Waals surface area contributed by atoms with E-state index < -0.39 is 4.33 Å². The van der Waals surface area contributed by atoms with Crippen LogP contribution in [0.2, 0.25) is 0 Å². The van der Waals surface area contributed by atoms with Crippen LogP contribution in [0.5, 0.6) is 0 Å². The zero-order chi connectivity index (χ0) is 5.91. The maximum atomic E-state index is 5.38.